The summed E-state index contributed by atoms with van der Waals surface area (Å²) in [5.74, 6) is 0.882. The molecule has 4 heteroatoms. The van der Waals surface area contributed by atoms with E-state index in [1.165, 1.54) is 26.3 Å². The lowest BCUT2D eigenvalue weighted by Gasteiger charge is -2.34. The molecule has 56 heavy (non-hydrogen) atoms. The Kier molecular flexibility index (Phi) is 8.51. The average molecular weight is 732 g/mol. The van der Waals surface area contributed by atoms with Crippen LogP contribution in [0.2, 0.25) is 0 Å². The predicted octanol–water partition coefficient (Wildman–Crippen LogP) is 9.95. The minimum Gasteiger partial charge on any atom is -0.290 e. The Balaban J connectivity index is 1.10. The molecule has 2 aromatic heterocycles. The SMILES string of the molecule is c1ccc(-c2nc3ccccc3c3nc(-c4ccc(-c5ccc([Si](c6ccccc6)(c6ccccc6)c6ccccc6)cc5)cc4)n(-c4ccccc4)c23)cc1. The van der Waals surface area contributed by atoms with Crippen LogP contribution in [0.25, 0.3) is 61.4 Å². The fourth-order valence-corrected chi connectivity index (χ4v) is 13.1. The zero-order chi connectivity index (χ0) is 37.3. The van der Waals surface area contributed by atoms with Crippen molar-refractivity contribution >= 4 is 50.8 Å². The van der Waals surface area contributed by atoms with Crippen molar-refractivity contribution in [2.24, 2.45) is 0 Å². The summed E-state index contributed by atoms with van der Waals surface area (Å²) in [6, 6.07) is 80.7. The van der Waals surface area contributed by atoms with Gasteiger partial charge in [0.05, 0.1) is 11.2 Å². The smallest absolute Gasteiger partial charge is 0.179 e. The van der Waals surface area contributed by atoms with Gasteiger partial charge in [0.15, 0.2) is 8.07 Å². The van der Waals surface area contributed by atoms with Crippen molar-refractivity contribution in [3.8, 4) is 39.5 Å². The van der Waals surface area contributed by atoms with E-state index in [0.717, 1.165) is 55.8 Å². The summed E-state index contributed by atoms with van der Waals surface area (Å²) >= 11 is 0. The van der Waals surface area contributed by atoms with Crippen LogP contribution in [0.5, 0.6) is 0 Å². The lowest BCUT2D eigenvalue weighted by molar-refractivity contribution is 1.10. The molecule has 0 N–H and O–H groups in total. The number of para-hydroxylation sites is 2. The molecule has 0 saturated carbocycles. The number of nitrogens with zero attached hydrogens (tertiary/aromatic N) is 3. The van der Waals surface area contributed by atoms with Crippen LogP contribution >= 0.6 is 0 Å². The maximum absolute atomic E-state index is 5.43. The molecule has 0 fully saturated rings. The molecule has 0 atom stereocenters. The van der Waals surface area contributed by atoms with Crippen molar-refractivity contribution in [2.75, 3.05) is 0 Å². The number of hydrogen-bond acceptors (Lipinski definition) is 2. The van der Waals surface area contributed by atoms with Crippen LogP contribution in [0, 0.1) is 0 Å². The van der Waals surface area contributed by atoms with Crippen molar-refractivity contribution in [1.82, 2.24) is 14.5 Å². The Labute approximate surface area is 327 Å². The molecule has 0 bridgehead atoms. The number of fused-ring (bicyclic) bond motifs is 3. The van der Waals surface area contributed by atoms with E-state index in [-0.39, 0.29) is 0 Å². The Hall–Kier alpha value is -7.14. The summed E-state index contributed by atoms with van der Waals surface area (Å²) in [5.41, 5.74) is 9.26. The summed E-state index contributed by atoms with van der Waals surface area (Å²) in [6.07, 6.45) is 0. The summed E-state index contributed by atoms with van der Waals surface area (Å²) in [6.45, 7) is 0. The minimum atomic E-state index is -2.60. The molecule has 10 aromatic rings. The number of benzene rings is 8. The fraction of sp³-hybridized carbons (Fsp3) is 0. The molecular weight excluding hydrogens is 695 g/mol. The number of aromatic nitrogens is 3. The zero-order valence-electron chi connectivity index (χ0n) is 30.7. The third-order valence-corrected chi connectivity index (χ3v) is 15.8. The topological polar surface area (TPSA) is 30.7 Å². The number of rotatable bonds is 8. The van der Waals surface area contributed by atoms with Gasteiger partial charge >= 0.3 is 0 Å². The highest BCUT2D eigenvalue weighted by atomic mass is 28.3. The van der Waals surface area contributed by atoms with E-state index >= 15 is 0 Å². The molecule has 0 aliphatic heterocycles. The molecule has 0 radical (unpaired) electrons. The van der Waals surface area contributed by atoms with E-state index in [4.69, 9.17) is 9.97 Å². The van der Waals surface area contributed by atoms with Crippen molar-refractivity contribution in [3.63, 3.8) is 0 Å². The van der Waals surface area contributed by atoms with Crippen LogP contribution in [0.4, 0.5) is 0 Å². The maximum atomic E-state index is 5.43. The second kappa shape index (κ2) is 14.3. The third-order valence-electron chi connectivity index (χ3n) is 11.0. The number of pyridine rings is 1. The molecule has 2 heterocycles. The standard InChI is InChI=1S/C52H37N3Si/c1-6-18-40(19-7-1)49-51-50(47-28-16-17-29-48(47)53-49)54-52(55(51)42-20-8-2-9-21-42)41-32-30-38(31-33-41)39-34-36-46(37-35-39)56(43-22-10-3-11-23-43,44-24-12-4-13-25-44)45-26-14-5-15-27-45/h1-37H. The van der Waals surface area contributed by atoms with Crippen LogP contribution in [0.3, 0.4) is 0 Å². The van der Waals surface area contributed by atoms with Crippen molar-refractivity contribution in [2.45, 2.75) is 0 Å². The molecule has 8 aromatic carbocycles. The van der Waals surface area contributed by atoms with Crippen molar-refractivity contribution in [3.05, 3.63) is 224 Å². The highest BCUT2D eigenvalue weighted by Crippen LogP contribution is 2.38. The first-order chi connectivity index (χ1) is 27.8. The minimum absolute atomic E-state index is 0.882. The monoisotopic (exact) mass is 731 g/mol. The molecule has 0 unspecified atom stereocenters. The first-order valence-corrected chi connectivity index (χ1v) is 21.1. The molecule has 10 rings (SSSR count). The molecule has 264 valence electrons. The quantitative estimate of drug-likeness (QED) is 0.115. The van der Waals surface area contributed by atoms with E-state index in [0.29, 0.717) is 0 Å². The summed E-state index contributed by atoms with van der Waals surface area (Å²) in [4.78, 5) is 10.7. The fourth-order valence-electron chi connectivity index (χ4n) is 8.38. The van der Waals surface area contributed by atoms with Crippen LogP contribution in [0.1, 0.15) is 0 Å². The molecule has 3 nitrogen and oxygen atoms in total. The second-order valence-electron chi connectivity index (χ2n) is 14.1. The van der Waals surface area contributed by atoms with Gasteiger partial charge in [0.25, 0.3) is 0 Å². The average Bonchev–Trinajstić information content (AvgIpc) is 3.70. The Morgan fingerprint density at radius 2 is 0.768 bits per heavy atom. The normalized spacial score (nSPS) is 11.6. The van der Waals surface area contributed by atoms with Gasteiger partial charge in [0.1, 0.15) is 16.9 Å². The highest BCUT2D eigenvalue weighted by molar-refractivity contribution is 7.19. The van der Waals surface area contributed by atoms with Gasteiger partial charge in [-0.05, 0) is 50.1 Å². The van der Waals surface area contributed by atoms with Crippen LogP contribution < -0.4 is 20.7 Å². The largest absolute Gasteiger partial charge is 0.290 e. The molecule has 0 amide bonds. The Morgan fingerprint density at radius 1 is 0.339 bits per heavy atom. The van der Waals surface area contributed by atoms with E-state index in [1.807, 2.05) is 12.1 Å². The third kappa shape index (κ3) is 5.67. The van der Waals surface area contributed by atoms with Gasteiger partial charge in [-0.1, -0.05) is 206 Å². The Morgan fingerprint density at radius 3 is 1.32 bits per heavy atom. The molecule has 0 spiro atoms. The van der Waals surface area contributed by atoms with Crippen LogP contribution in [0.15, 0.2) is 224 Å². The molecule has 0 aliphatic carbocycles. The van der Waals surface area contributed by atoms with E-state index in [1.54, 1.807) is 0 Å². The van der Waals surface area contributed by atoms with Gasteiger partial charge in [0.2, 0.25) is 0 Å². The lowest BCUT2D eigenvalue weighted by Crippen LogP contribution is -2.74. The highest BCUT2D eigenvalue weighted by Gasteiger charge is 2.41. The van der Waals surface area contributed by atoms with E-state index in [9.17, 15) is 0 Å². The number of imidazole rings is 1. The summed E-state index contributed by atoms with van der Waals surface area (Å²) in [5, 5.41) is 6.50. The van der Waals surface area contributed by atoms with Gasteiger partial charge in [-0.15, -0.1) is 0 Å². The first-order valence-electron chi connectivity index (χ1n) is 19.1. The van der Waals surface area contributed by atoms with Gasteiger partial charge in [-0.3, -0.25) is 4.57 Å². The lowest BCUT2D eigenvalue weighted by atomic mass is 10.0. The first kappa shape index (κ1) is 33.4. The van der Waals surface area contributed by atoms with E-state index < -0.39 is 8.07 Å². The molecular formula is C52H37N3Si. The van der Waals surface area contributed by atoms with Crippen LogP contribution in [-0.4, -0.2) is 22.6 Å². The van der Waals surface area contributed by atoms with Crippen molar-refractivity contribution < 1.29 is 0 Å². The molecule has 0 aliphatic rings. The second-order valence-corrected chi connectivity index (χ2v) is 18.0. The predicted molar refractivity (Wildman–Crippen MR) is 236 cm³/mol. The van der Waals surface area contributed by atoms with Gasteiger partial charge in [0, 0.05) is 22.2 Å². The zero-order valence-corrected chi connectivity index (χ0v) is 31.7. The van der Waals surface area contributed by atoms with Crippen LogP contribution in [-0.2, 0) is 0 Å². The Bertz CT molecular complexity index is 2810. The van der Waals surface area contributed by atoms with E-state index in [2.05, 4.69) is 217 Å². The van der Waals surface area contributed by atoms with Gasteiger partial charge < -0.3 is 0 Å². The summed E-state index contributed by atoms with van der Waals surface area (Å²) in [7, 11) is -2.60. The van der Waals surface area contributed by atoms with Crippen molar-refractivity contribution in [1.29, 1.82) is 0 Å². The summed E-state index contributed by atoms with van der Waals surface area (Å²) < 4.78 is 2.28. The maximum Gasteiger partial charge on any atom is 0.179 e. The molecule has 0 saturated heterocycles. The van der Waals surface area contributed by atoms with Gasteiger partial charge in [-0.25, -0.2) is 9.97 Å². The van der Waals surface area contributed by atoms with Gasteiger partial charge in [-0.2, -0.15) is 0 Å². The number of hydrogen-bond donors (Lipinski definition) is 0.